The molecule has 0 unspecified atom stereocenters. The van der Waals surface area contributed by atoms with E-state index in [4.69, 9.17) is 14.2 Å². The maximum absolute atomic E-state index is 12.4. The Hall–Kier alpha value is -2.93. The van der Waals surface area contributed by atoms with Gasteiger partial charge in [0, 0.05) is 31.0 Å². The van der Waals surface area contributed by atoms with Gasteiger partial charge in [-0.1, -0.05) is 6.07 Å². The Labute approximate surface area is 164 Å². The van der Waals surface area contributed by atoms with Gasteiger partial charge in [0.2, 0.25) is 12.7 Å². The summed E-state index contributed by atoms with van der Waals surface area (Å²) in [5.74, 6) is 1.40. The number of hydrogen-bond acceptors (Lipinski definition) is 6. The fraction of sp³-hybridized carbons (Fsp3) is 0.381. The fourth-order valence-electron chi connectivity index (χ4n) is 3.30. The zero-order valence-corrected chi connectivity index (χ0v) is 15.9. The van der Waals surface area contributed by atoms with Crippen molar-refractivity contribution in [2.75, 3.05) is 43.3 Å². The molecular weight excluding hydrogens is 358 g/mol. The van der Waals surface area contributed by atoms with Crippen molar-refractivity contribution in [3.63, 3.8) is 0 Å². The molecule has 0 bridgehead atoms. The fourth-order valence-corrected chi connectivity index (χ4v) is 3.30. The van der Waals surface area contributed by atoms with Crippen LogP contribution in [0.5, 0.6) is 11.5 Å². The van der Waals surface area contributed by atoms with Gasteiger partial charge in [0.1, 0.15) is 6.04 Å². The third-order valence-electron chi connectivity index (χ3n) is 4.92. The molecule has 148 valence electrons. The Morgan fingerprint density at radius 2 is 1.82 bits per heavy atom. The molecule has 1 atom stereocenters. The largest absolute Gasteiger partial charge is 0.454 e. The number of nitrogens with zero attached hydrogens (tertiary/aromatic N) is 1. The summed E-state index contributed by atoms with van der Waals surface area (Å²) in [7, 11) is 0. The number of fused-ring (bicyclic) bond motifs is 1. The number of hydrogen-bond donors (Lipinski definition) is 2. The highest BCUT2D eigenvalue weighted by Gasteiger charge is 2.16. The van der Waals surface area contributed by atoms with Crippen molar-refractivity contribution in [2.45, 2.75) is 19.5 Å². The van der Waals surface area contributed by atoms with E-state index in [9.17, 15) is 4.79 Å². The van der Waals surface area contributed by atoms with Crippen LogP contribution >= 0.6 is 0 Å². The van der Waals surface area contributed by atoms with Crippen LogP contribution in [0.1, 0.15) is 12.5 Å². The zero-order chi connectivity index (χ0) is 19.3. The van der Waals surface area contributed by atoms with Gasteiger partial charge >= 0.3 is 0 Å². The minimum Gasteiger partial charge on any atom is -0.454 e. The molecule has 28 heavy (non-hydrogen) atoms. The summed E-state index contributed by atoms with van der Waals surface area (Å²) < 4.78 is 16.1. The third-order valence-corrected chi connectivity index (χ3v) is 4.92. The van der Waals surface area contributed by atoms with Crippen molar-refractivity contribution in [2.24, 2.45) is 0 Å². The molecule has 7 nitrogen and oxygen atoms in total. The lowest BCUT2D eigenvalue weighted by Gasteiger charge is -2.29. The summed E-state index contributed by atoms with van der Waals surface area (Å²) in [5.41, 5.74) is 3.07. The van der Waals surface area contributed by atoms with E-state index in [1.165, 1.54) is 5.69 Å². The molecule has 0 aromatic heterocycles. The summed E-state index contributed by atoms with van der Waals surface area (Å²) in [6.07, 6.45) is 0. The second-order valence-electron chi connectivity index (χ2n) is 6.92. The second-order valence-corrected chi connectivity index (χ2v) is 6.92. The lowest BCUT2D eigenvalue weighted by molar-refractivity contribution is -0.121. The monoisotopic (exact) mass is 383 g/mol. The zero-order valence-electron chi connectivity index (χ0n) is 15.9. The van der Waals surface area contributed by atoms with E-state index < -0.39 is 0 Å². The van der Waals surface area contributed by atoms with Crippen LogP contribution in [-0.4, -0.2) is 45.0 Å². The average Bonchev–Trinajstić information content (AvgIpc) is 3.21. The van der Waals surface area contributed by atoms with Crippen molar-refractivity contribution in [3.05, 3.63) is 48.0 Å². The molecule has 2 aliphatic rings. The molecule has 1 fully saturated rings. The maximum Gasteiger partial charge on any atom is 0.242 e. The molecule has 1 amide bonds. The second kappa shape index (κ2) is 8.39. The minimum atomic E-state index is -0.344. The van der Waals surface area contributed by atoms with Crippen LogP contribution < -0.4 is 25.0 Å². The summed E-state index contributed by atoms with van der Waals surface area (Å²) in [6.45, 7) is 5.89. The number of morpholine rings is 1. The number of ether oxygens (including phenoxy) is 3. The number of rotatable bonds is 6. The molecule has 2 aromatic rings. The number of amides is 1. The number of anilines is 2. The van der Waals surface area contributed by atoms with Crippen molar-refractivity contribution in [1.82, 2.24) is 5.32 Å². The molecule has 0 radical (unpaired) electrons. The van der Waals surface area contributed by atoms with Crippen molar-refractivity contribution in [1.29, 1.82) is 0 Å². The van der Waals surface area contributed by atoms with Crippen LogP contribution in [0.2, 0.25) is 0 Å². The van der Waals surface area contributed by atoms with Gasteiger partial charge in [-0.3, -0.25) is 4.79 Å². The summed E-state index contributed by atoms with van der Waals surface area (Å²) in [5, 5.41) is 6.20. The Balaban J connectivity index is 1.28. The molecule has 2 aliphatic heterocycles. The number of benzene rings is 2. The first-order valence-corrected chi connectivity index (χ1v) is 9.54. The van der Waals surface area contributed by atoms with Gasteiger partial charge in [-0.2, -0.15) is 0 Å². The molecule has 4 rings (SSSR count). The molecule has 2 heterocycles. The molecule has 2 N–H and O–H groups in total. The highest BCUT2D eigenvalue weighted by Crippen LogP contribution is 2.32. The lowest BCUT2D eigenvalue weighted by Crippen LogP contribution is -2.37. The van der Waals surface area contributed by atoms with E-state index in [1.807, 2.05) is 37.3 Å². The van der Waals surface area contributed by atoms with E-state index in [0.29, 0.717) is 6.54 Å². The average molecular weight is 383 g/mol. The van der Waals surface area contributed by atoms with E-state index in [-0.39, 0.29) is 18.7 Å². The van der Waals surface area contributed by atoms with Crippen LogP contribution in [0, 0.1) is 0 Å². The minimum absolute atomic E-state index is 0.0603. The van der Waals surface area contributed by atoms with Crippen LogP contribution in [-0.2, 0) is 16.1 Å². The molecule has 0 saturated carbocycles. The topological polar surface area (TPSA) is 72.1 Å². The highest BCUT2D eigenvalue weighted by molar-refractivity contribution is 5.84. The molecule has 0 spiro atoms. The Morgan fingerprint density at radius 3 is 2.61 bits per heavy atom. The van der Waals surface area contributed by atoms with Crippen molar-refractivity contribution in [3.8, 4) is 11.5 Å². The van der Waals surface area contributed by atoms with Gasteiger partial charge in [0.15, 0.2) is 11.5 Å². The first-order chi connectivity index (χ1) is 13.7. The quantitative estimate of drug-likeness (QED) is 0.798. The van der Waals surface area contributed by atoms with Gasteiger partial charge < -0.3 is 29.7 Å². The molecule has 0 aliphatic carbocycles. The maximum atomic E-state index is 12.4. The molecular formula is C21H25N3O4. The van der Waals surface area contributed by atoms with Crippen molar-refractivity contribution >= 4 is 17.3 Å². The first kappa shape index (κ1) is 18.4. The summed E-state index contributed by atoms with van der Waals surface area (Å²) in [6, 6.07) is 13.5. The molecule has 2 aromatic carbocycles. The number of carbonyl (C=O) groups is 1. The predicted octanol–water partition coefficient (Wildman–Crippen LogP) is 2.37. The normalized spacial score (nSPS) is 16.5. The number of carbonyl (C=O) groups excluding carboxylic acids is 1. The van der Waals surface area contributed by atoms with Gasteiger partial charge in [-0.05, 0) is 48.9 Å². The van der Waals surface area contributed by atoms with E-state index in [2.05, 4.69) is 27.7 Å². The van der Waals surface area contributed by atoms with Gasteiger partial charge in [-0.15, -0.1) is 0 Å². The van der Waals surface area contributed by atoms with E-state index in [0.717, 1.165) is 49.1 Å². The van der Waals surface area contributed by atoms with Crippen LogP contribution in [0.4, 0.5) is 11.4 Å². The Morgan fingerprint density at radius 1 is 1.07 bits per heavy atom. The van der Waals surface area contributed by atoms with Gasteiger partial charge in [0.25, 0.3) is 0 Å². The molecule has 1 saturated heterocycles. The SMILES string of the molecule is C[C@H](Nc1ccc(N2CCOCC2)cc1)C(=O)NCc1ccc2c(c1)OCO2. The van der Waals surface area contributed by atoms with E-state index >= 15 is 0 Å². The van der Waals surface area contributed by atoms with Gasteiger partial charge in [-0.25, -0.2) is 0 Å². The smallest absolute Gasteiger partial charge is 0.242 e. The van der Waals surface area contributed by atoms with Crippen molar-refractivity contribution < 1.29 is 19.0 Å². The first-order valence-electron chi connectivity index (χ1n) is 9.54. The number of nitrogens with one attached hydrogen (secondary N) is 2. The standard InChI is InChI=1S/C21H25N3O4/c1-15(21(25)22-13-16-2-7-19-20(12-16)28-14-27-19)23-17-3-5-18(6-4-17)24-8-10-26-11-9-24/h2-7,12,15,23H,8-11,13-14H2,1H3,(H,22,25)/t15-/m0/s1. The lowest BCUT2D eigenvalue weighted by atomic mass is 10.2. The Bertz CT molecular complexity index is 819. The van der Waals surface area contributed by atoms with Crippen LogP contribution in [0.25, 0.3) is 0 Å². The highest BCUT2D eigenvalue weighted by atomic mass is 16.7. The van der Waals surface area contributed by atoms with Gasteiger partial charge in [0.05, 0.1) is 13.2 Å². The van der Waals surface area contributed by atoms with Crippen LogP contribution in [0.3, 0.4) is 0 Å². The summed E-state index contributed by atoms with van der Waals surface area (Å²) >= 11 is 0. The van der Waals surface area contributed by atoms with Crippen LogP contribution in [0.15, 0.2) is 42.5 Å². The Kier molecular flexibility index (Phi) is 5.53. The van der Waals surface area contributed by atoms with E-state index in [1.54, 1.807) is 0 Å². The third kappa shape index (κ3) is 4.31. The molecule has 7 heteroatoms. The summed E-state index contributed by atoms with van der Waals surface area (Å²) in [4.78, 5) is 14.7. The predicted molar refractivity (Wildman–Crippen MR) is 107 cm³/mol.